The monoisotopic (exact) mass is 292 g/mol. The molecule has 0 aromatic rings. The van der Waals surface area contributed by atoms with Crippen molar-refractivity contribution in [2.75, 3.05) is 0 Å². The molecule has 0 bridgehead atoms. The van der Waals surface area contributed by atoms with Gasteiger partial charge in [0.25, 0.3) is 0 Å². The van der Waals surface area contributed by atoms with Gasteiger partial charge in [0.05, 0.1) is 5.92 Å². The van der Waals surface area contributed by atoms with Crippen LogP contribution in [0.25, 0.3) is 0 Å². The Labute approximate surface area is 117 Å². The Hall–Kier alpha value is -0.780. The molecule has 2 fully saturated rings. The number of alkyl halides is 3. The van der Waals surface area contributed by atoms with E-state index in [1.165, 1.54) is 0 Å². The predicted molar refractivity (Wildman–Crippen MR) is 69.9 cm³/mol. The lowest BCUT2D eigenvalue weighted by molar-refractivity contribution is -0.189. The molecule has 20 heavy (non-hydrogen) atoms. The molecule has 0 spiro atoms. The fourth-order valence-corrected chi connectivity index (χ4v) is 3.57. The van der Waals surface area contributed by atoms with Crippen molar-refractivity contribution in [3.8, 4) is 0 Å². The second-order valence-electron chi connectivity index (χ2n) is 6.16. The van der Waals surface area contributed by atoms with Crippen LogP contribution in [0.1, 0.15) is 51.4 Å². The Morgan fingerprint density at radius 1 is 1.00 bits per heavy atom. The van der Waals surface area contributed by atoms with E-state index < -0.39 is 18.1 Å². The van der Waals surface area contributed by atoms with E-state index in [0.717, 1.165) is 19.3 Å². The third kappa shape index (κ3) is 3.87. The Balaban J connectivity index is 1.87. The van der Waals surface area contributed by atoms with Crippen molar-refractivity contribution in [2.45, 2.75) is 69.6 Å². The zero-order valence-electron chi connectivity index (χ0n) is 11.6. The smallest absolute Gasteiger partial charge is 0.369 e. The van der Waals surface area contributed by atoms with E-state index in [0.29, 0.717) is 25.7 Å². The van der Waals surface area contributed by atoms with E-state index in [1.54, 1.807) is 0 Å². The molecule has 2 aliphatic carbocycles. The molecule has 0 aliphatic heterocycles. The molecule has 2 unspecified atom stereocenters. The largest absolute Gasteiger partial charge is 0.393 e. The second-order valence-corrected chi connectivity index (χ2v) is 6.16. The van der Waals surface area contributed by atoms with E-state index in [9.17, 15) is 18.0 Å². The minimum absolute atomic E-state index is 0.0959. The van der Waals surface area contributed by atoms with Crippen LogP contribution >= 0.6 is 0 Å². The first-order chi connectivity index (χ1) is 9.38. The molecule has 3 N–H and O–H groups in total. The average Bonchev–Trinajstić information content (AvgIpc) is 2.38. The first-order valence-corrected chi connectivity index (χ1v) is 7.50. The summed E-state index contributed by atoms with van der Waals surface area (Å²) < 4.78 is 39.0. The molecular formula is C14H23F3N2O. The van der Waals surface area contributed by atoms with E-state index >= 15 is 0 Å². The Kier molecular flexibility index (Phi) is 4.94. The average molecular weight is 292 g/mol. The van der Waals surface area contributed by atoms with Gasteiger partial charge in [-0.3, -0.25) is 4.79 Å². The maximum atomic E-state index is 13.0. The first-order valence-electron chi connectivity index (χ1n) is 7.50. The Morgan fingerprint density at radius 3 is 2.15 bits per heavy atom. The first kappa shape index (κ1) is 15.6. The third-order valence-electron chi connectivity index (χ3n) is 4.77. The van der Waals surface area contributed by atoms with Gasteiger partial charge < -0.3 is 11.1 Å². The normalized spacial score (nSPS) is 35.8. The van der Waals surface area contributed by atoms with Gasteiger partial charge in [0.15, 0.2) is 0 Å². The number of rotatable bonds is 3. The van der Waals surface area contributed by atoms with Crippen molar-refractivity contribution in [3.05, 3.63) is 0 Å². The molecule has 6 heteroatoms. The lowest BCUT2D eigenvalue weighted by atomic mass is 9.81. The molecule has 0 radical (unpaired) electrons. The fraction of sp³-hybridized carbons (Fsp3) is 0.929. The van der Waals surface area contributed by atoms with Crippen LogP contribution < -0.4 is 11.1 Å². The number of carbonyl (C=O) groups excluding carboxylic acids is 1. The number of nitrogens with two attached hydrogens (primary N) is 1. The van der Waals surface area contributed by atoms with Crippen LogP contribution in [0, 0.1) is 11.8 Å². The van der Waals surface area contributed by atoms with Crippen LogP contribution in [0.2, 0.25) is 0 Å². The molecule has 1 amide bonds. The lowest BCUT2D eigenvalue weighted by Gasteiger charge is -2.38. The zero-order chi connectivity index (χ0) is 14.8. The Morgan fingerprint density at radius 2 is 1.60 bits per heavy atom. The fourth-order valence-electron chi connectivity index (χ4n) is 3.57. The van der Waals surface area contributed by atoms with Crippen molar-refractivity contribution in [1.29, 1.82) is 0 Å². The van der Waals surface area contributed by atoms with Gasteiger partial charge in [-0.25, -0.2) is 0 Å². The summed E-state index contributed by atoms with van der Waals surface area (Å²) >= 11 is 0. The molecule has 0 heterocycles. The number of nitrogens with one attached hydrogen (secondary N) is 1. The van der Waals surface area contributed by atoms with E-state index in [4.69, 9.17) is 5.73 Å². The second kappa shape index (κ2) is 6.33. The minimum atomic E-state index is -4.11. The summed E-state index contributed by atoms with van der Waals surface area (Å²) in [5.74, 6) is -1.60. The van der Waals surface area contributed by atoms with Crippen LogP contribution in [0.3, 0.4) is 0 Å². The van der Waals surface area contributed by atoms with E-state index in [-0.39, 0.29) is 24.3 Å². The van der Waals surface area contributed by atoms with Crippen LogP contribution in [-0.2, 0) is 4.79 Å². The van der Waals surface area contributed by atoms with Gasteiger partial charge >= 0.3 is 6.18 Å². The lowest BCUT2D eigenvalue weighted by Crippen LogP contribution is -2.50. The van der Waals surface area contributed by atoms with E-state index in [2.05, 4.69) is 5.32 Å². The highest BCUT2D eigenvalue weighted by atomic mass is 19.4. The van der Waals surface area contributed by atoms with Crippen LogP contribution in [0.5, 0.6) is 0 Å². The number of hydrogen-bond acceptors (Lipinski definition) is 2. The molecule has 2 rings (SSSR count). The van der Waals surface area contributed by atoms with Gasteiger partial charge in [-0.05, 0) is 38.5 Å². The summed E-state index contributed by atoms with van der Waals surface area (Å²) in [6, 6.07) is -0.363. The number of halogens is 3. The number of carbonyl (C=O) groups is 1. The maximum absolute atomic E-state index is 13.0. The van der Waals surface area contributed by atoms with Crippen molar-refractivity contribution in [1.82, 2.24) is 5.32 Å². The quantitative estimate of drug-likeness (QED) is 0.840. The van der Waals surface area contributed by atoms with Gasteiger partial charge in [0.2, 0.25) is 5.91 Å². The third-order valence-corrected chi connectivity index (χ3v) is 4.77. The molecule has 2 atom stereocenters. The van der Waals surface area contributed by atoms with Crippen molar-refractivity contribution >= 4 is 5.91 Å². The van der Waals surface area contributed by atoms with Crippen LogP contribution in [0.4, 0.5) is 13.2 Å². The topological polar surface area (TPSA) is 55.1 Å². The summed E-state index contributed by atoms with van der Waals surface area (Å²) in [6.07, 6.45) is 1.12. The number of hydrogen-bond donors (Lipinski definition) is 2. The molecule has 2 saturated carbocycles. The summed E-state index contributed by atoms with van der Waals surface area (Å²) in [4.78, 5) is 11.1. The van der Waals surface area contributed by atoms with Gasteiger partial charge in [-0.15, -0.1) is 0 Å². The Bertz CT molecular complexity index is 338. The van der Waals surface area contributed by atoms with Crippen molar-refractivity contribution in [3.63, 3.8) is 0 Å². The molecular weight excluding hydrogens is 269 g/mol. The molecule has 116 valence electrons. The van der Waals surface area contributed by atoms with Crippen molar-refractivity contribution in [2.24, 2.45) is 17.6 Å². The molecule has 0 saturated heterocycles. The highest BCUT2D eigenvalue weighted by Crippen LogP contribution is 2.38. The molecule has 0 aromatic carbocycles. The standard InChI is InChI=1S/C14H23F3N2O/c15-14(16,17)11-3-1-2-4-12(11)19-10-7-5-9(6-8-10)13(18)20/h9-12,19H,1-8H2,(H2,18,20). The number of primary amides is 1. The van der Waals surface area contributed by atoms with Gasteiger partial charge in [0, 0.05) is 18.0 Å². The van der Waals surface area contributed by atoms with Crippen LogP contribution in [-0.4, -0.2) is 24.2 Å². The number of amides is 1. The van der Waals surface area contributed by atoms with Crippen LogP contribution in [0.15, 0.2) is 0 Å². The summed E-state index contributed by atoms with van der Waals surface area (Å²) in [5, 5.41) is 3.20. The van der Waals surface area contributed by atoms with E-state index in [1.807, 2.05) is 0 Å². The maximum Gasteiger partial charge on any atom is 0.393 e. The minimum Gasteiger partial charge on any atom is -0.369 e. The molecule has 3 nitrogen and oxygen atoms in total. The van der Waals surface area contributed by atoms with Crippen molar-refractivity contribution < 1.29 is 18.0 Å². The highest BCUT2D eigenvalue weighted by molar-refractivity contribution is 5.76. The zero-order valence-corrected chi connectivity index (χ0v) is 11.6. The summed E-state index contributed by atoms with van der Waals surface area (Å²) in [7, 11) is 0. The summed E-state index contributed by atoms with van der Waals surface area (Å²) in [5.41, 5.74) is 5.27. The molecule has 0 aromatic heterocycles. The van der Waals surface area contributed by atoms with Gasteiger partial charge in [0.1, 0.15) is 0 Å². The predicted octanol–water partition coefficient (Wildman–Crippen LogP) is 2.74. The SMILES string of the molecule is NC(=O)C1CCC(NC2CCCCC2C(F)(F)F)CC1. The van der Waals surface area contributed by atoms with Gasteiger partial charge in [-0.1, -0.05) is 12.8 Å². The van der Waals surface area contributed by atoms with Gasteiger partial charge in [-0.2, -0.15) is 13.2 Å². The molecule has 2 aliphatic rings. The highest BCUT2D eigenvalue weighted by Gasteiger charge is 2.46. The summed E-state index contributed by atoms with van der Waals surface area (Å²) in [6.45, 7) is 0.